The molecule has 2 nitrogen and oxygen atoms in total. The van der Waals surface area contributed by atoms with E-state index < -0.39 is 5.41 Å². The number of hydrogen-bond acceptors (Lipinski definition) is 4. The van der Waals surface area contributed by atoms with Crippen LogP contribution in [-0.4, -0.2) is 0 Å². The molecule has 2 unspecified atom stereocenters. The van der Waals surface area contributed by atoms with Gasteiger partial charge in [-0.15, -0.1) is 22.7 Å². The number of para-hydroxylation sites is 2. The van der Waals surface area contributed by atoms with Crippen LogP contribution in [0.4, 0.5) is 17.1 Å². The molecule has 0 saturated heterocycles. The van der Waals surface area contributed by atoms with E-state index in [1.54, 1.807) is 0 Å². The first-order valence-electron chi connectivity index (χ1n) is 24.7. The van der Waals surface area contributed by atoms with Crippen LogP contribution in [-0.2, 0) is 17.3 Å². The second-order valence-electron chi connectivity index (χ2n) is 19.7. The molecule has 0 N–H and O–H groups in total. The van der Waals surface area contributed by atoms with E-state index in [0.29, 0.717) is 0 Å². The van der Waals surface area contributed by atoms with E-state index in [1.807, 2.05) is 22.7 Å². The third kappa shape index (κ3) is 5.93. The zero-order chi connectivity index (χ0) is 46.8. The first-order chi connectivity index (χ1) is 35.0. The van der Waals surface area contributed by atoms with Crippen molar-refractivity contribution in [2.45, 2.75) is 30.6 Å². The van der Waals surface area contributed by atoms with Gasteiger partial charge in [0, 0.05) is 52.8 Å². The minimum Gasteiger partial charge on any atom is -0.459 e. The fourth-order valence-electron chi connectivity index (χ4n) is 12.6. The highest BCUT2D eigenvalue weighted by Crippen LogP contribution is 2.65. The van der Waals surface area contributed by atoms with Crippen LogP contribution >= 0.6 is 22.7 Å². The molecule has 1 spiro atoms. The topological polar surface area (TPSA) is 16.4 Å². The number of benzene rings is 9. The molecule has 9 aromatic carbocycles. The fraction of sp³-hybridized carbons (Fsp3) is 0.0746. The Labute approximate surface area is 420 Å². The molecule has 0 bridgehead atoms. The second kappa shape index (κ2) is 15.5. The van der Waals surface area contributed by atoms with Gasteiger partial charge >= 0.3 is 0 Å². The fourth-order valence-corrected chi connectivity index (χ4v) is 15.1. The largest absolute Gasteiger partial charge is 0.459 e. The zero-order valence-corrected chi connectivity index (χ0v) is 40.7. The van der Waals surface area contributed by atoms with Crippen molar-refractivity contribution in [3.63, 3.8) is 0 Å². The van der Waals surface area contributed by atoms with Crippen molar-refractivity contribution in [1.29, 1.82) is 0 Å². The Kier molecular flexibility index (Phi) is 8.91. The van der Waals surface area contributed by atoms with Crippen molar-refractivity contribution in [2.75, 3.05) is 4.90 Å². The van der Waals surface area contributed by atoms with Crippen molar-refractivity contribution in [2.24, 2.45) is 0 Å². The molecule has 3 aliphatic rings. The predicted octanol–water partition coefficient (Wildman–Crippen LogP) is 18.8. The van der Waals surface area contributed by atoms with Crippen molar-refractivity contribution in [3.05, 3.63) is 268 Å². The number of thiophene rings is 2. The van der Waals surface area contributed by atoms with Crippen LogP contribution in [0.1, 0.15) is 57.4 Å². The molecule has 0 aliphatic heterocycles. The van der Waals surface area contributed by atoms with Crippen LogP contribution < -0.4 is 4.90 Å². The molecule has 0 saturated carbocycles. The lowest BCUT2D eigenvalue weighted by atomic mass is 9.72. The average molecular weight is 944 g/mol. The van der Waals surface area contributed by atoms with Crippen molar-refractivity contribution in [3.8, 4) is 22.3 Å². The third-order valence-electron chi connectivity index (χ3n) is 15.6. The van der Waals surface area contributed by atoms with Gasteiger partial charge in [-0.3, -0.25) is 0 Å². The van der Waals surface area contributed by atoms with Gasteiger partial charge in [0.2, 0.25) is 0 Å². The van der Waals surface area contributed by atoms with Crippen LogP contribution in [0.25, 0.3) is 75.1 Å². The normalized spacial score (nSPS) is 17.5. The first-order valence-corrected chi connectivity index (χ1v) is 26.3. The van der Waals surface area contributed by atoms with E-state index in [0.717, 1.165) is 40.9 Å². The van der Waals surface area contributed by atoms with Crippen molar-refractivity contribution < 1.29 is 4.42 Å². The maximum Gasteiger partial charge on any atom is 0.135 e. The van der Waals surface area contributed by atoms with Gasteiger partial charge in [-0.1, -0.05) is 189 Å². The van der Waals surface area contributed by atoms with Crippen LogP contribution in [0, 0.1) is 0 Å². The summed E-state index contributed by atoms with van der Waals surface area (Å²) in [6.07, 6.45) is 9.07. The quantitative estimate of drug-likeness (QED) is 0.158. The van der Waals surface area contributed by atoms with Crippen LogP contribution in [0.15, 0.2) is 229 Å². The molecular formula is C67H45NOS2. The summed E-state index contributed by atoms with van der Waals surface area (Å²) in [7, 11) is 0. The minimum absolute atomic E-state index is 0.165. The molecule has 3 heterocycles. The number of rotatable bonds is 7. The number of nitrogens with zero attached hydrogens (tertiary/aromatic N) is 1. The molecule has 0 fully saturated rings. The Morgan fingerprint density at radius 1 is 0.563 bits per heavy atom. The molecule has 4 heteroatoms. The smallest absolute Gasteiger partial charge is 0.135 e. The molecule has 3 aliphatic carbocycles. The summed E-state index contributed by atoms with van der Waals surface area (Å²) in [5.74, 6) is 1.00. The van der Waals surface area contributed by atoms with Crippen molar-refractivity contribution >= 4 is 92.6 Å². The Balaban J connectivity index is 0.953. The number of hydrogen-bond donors (Lipinski definition) is 0. The number of fused-ring (bicyclic) bond motifs is 18. The van der Waals surface area contributed by atoms with E-state index >= 15 is 0 Å². The second-order valence-corrected chi connectivity index (χ2v) is 21.8. The molecule has 0 radical (unpaired) electrons. The van der Waals surface area contributed by atoms with Gasteiger partial charge in [0.1, 0.15) is 16.8 Å². The molecule has 71 heavy (non-hydrogen) atoms. The van der Waals surface area contributed by atoms with Gasteiger partial charge in [0.15, 0.2) is 0 Å². The van der Waals surface area contributed by atoms with Crippen molar-refractivity contribution in [1.82, 2.24) is 0 Å². The Morgan fingerprint density at radius 2 is 1.24 bits per heavy atom. The monoisotopic (exact) mass is 943 g/mol. The summed E-state index contributed by atoms with van der Waals surface area (Å²) in [5, 5.41) is 5.07. The molecule has 2 atom stereocenters. The lowest BCUT2D eigenvalue weighted by Gasteiger charge is -2.31. The summed E-state index contributed by atoms with van der Waals surface area (Å²) in [6, 6.07) is 78.7. The molecule has 336 valence electrons. The SMILES string of the molecule is CC1(/C=C(/Cc2ccc3c(c2)C2(c4ccccc4-3)c3cc(N(c4ccccc4)c4cccc5c4sc4ccccc45)ccc3-c3c2oc2ccccc32)c2ccccc2)CC=Cc2c1sc1ccccc21. The number of furan rings is 1. The summed E-state index contributed by atoms with van der Waals surface area (Å²) >= 11 is 3.83. The van der Waals surface area contributed by atoms with E-state index in [9.17, 15) is 0 Å². The van der Waals surface area contributed by atoms with E-state index in [-0.39, 0.29) is 5.41 Å². The van der Waals surface area contributed by atoms with Crippen LogP contribution in [0.2, 0.25) is 0 Å². The lowest BCUT2D eigenvalue weighted by Crippen LogP contribution is -2.26. The third-order valence-corrected chi connectivity index (χ3v) is 18.3. The molecule has 3 aromatic heterocycles. The summed E-state index contributed by atoms with van der Waals surface area (Å²) in [6.45, 7) is 2.44. The van der Waals surface area contributed by atoms with E-state index in [2.05, 4.69) is 242 Å². The number of allylic oxidation sites excluding steroid dienone is 3. The van der Waals surface area contributed by atoms with Gasteiger partial charge in [0.05, 0.1) is 10.4 Å². The highest BCUT2D eigenvalue weighted by Gasteiger charge is 2.55. The molecule has 15 rings (SSSR count). The predicted molar refractivity (Wildman–Crippen MR) is 301 cm³/mol. The Bertz CT molecular complexity index is 4210. The highest BCUT2D eigenvalue weighted by atomic mass is 32.1. The molecule has 12 aromatic rings. The summed E-state index contributed by atoms with van der Waals surface area (Å²) < 4.78 is 11.3. The first kappa shape index (κ1) is 40.8. The van der Waals surface area contributed by atoms with Gasteiger partial charge in [-0.25, -0.2) is 0 Å². The van der Waals surface area contributed by atoms with Gasteiger partial charge < -0.3 is 9.32 Å². The van der Waals surface area contributed by atoms with E-state index in [1.165, 1.54) is 102 Å². The highest BCUT2D eigenvalue weighted by molar-refractivity contribution is 7.26. The summed E-state index contributed by atoms with van der Waals surface area (Å²) in [4.78, 5) is 3.92. The lowest BCUT2D eigenvalue weighted by molar-refractivity contribution is 0.506. The maximum absolute atomic E-state index is 7.34. The zero-order valence-electron chi connectivity index (χ0n) is 39.0. The summed E-state index contributed by atoms with van der Waals surface area (Å²) in [5.41, 5.74) is 17.4. The Hall–Kier alpha value is -8.02. The average Bonchev–Trinajstić information content (AvgIpc) is 4.24. The van der Waals surface area contributed by atoms with Crippen LogP contribution in [0.5, 0.6) is 0 Å². The standard InChI is InChI=1S/C67H45NOS2/c1-66(37-17-27-52-50-24-11-15-32-61(50)71-65(52)66)41-44(43-18-4-2-5-19-43)38-42-33-35-48-47-22-8-12-28-55(47)67(56(48)39-42)57-40-46(34-36-53(57)62-54-25-9-13-30-59(54)69-64(62)67)68(45-20-6-3-7-21-45)58-29-16-26-51-49-23-10-14-31-60(49)70-63(51)58/h2-36,39-41H,37-38H2,1H3/b44-41-. The molecule has 0 amide bonds. The van der Waals surface area contributed by atoms with Gasteiger partial charge in [-0.2, -0.15) is 0 Å². The minimum atomic E-state index is -0.712. The van der Waals surface area contributed by atoms with Gasteiger partial charge in [0.25, 0.3) is 0 Å². The molecular weight excluding hydrogens is 899 g/mol. The Morgan fingerprint density at radius 3 is 2.10 bits per heavy atom. The maximum atomic E-state index is 7.34. The van der Waals surface area contributed by atoms with Crippen LogP contribution in [0.3, 0.4) is 0 Å². The van der Waals surface area contributed by atoms with E-state index in [4.69, 9.17) is 4.42 Å². The number of anilines is 3. The van der Waals surface area contributed by atoms with Gasteiger partial charge in [-0.05, 0) is 122 Å².